The van der Waals surface area contributed by atoms with E-state index < -0.39 is 0 Å². The lowest BCUT2D eigenvalue weighted by atomic mass is 10.0. The zero-order valence-corrected chi connectivity index (χ0v) is 12.7. The van der Waals surface area contributed by atoms with E-state index in [0.29, 0.717) is 6.42 Å². The van der Waals surface area contributed by atoms with Crippen LogP contribution in [0.5, 0.6) is 0 Å². The Labute approximate surface area is 135 Å². The van der Waals surface area contributed by atoms with Gasteiger partial charge in [-0.25, -0.2) is 4.98 Å². The Hall–Kier alpha value is -2.88. The first-order valence-corrected chi connectivity index (χ1v) is 7.64. The van der Waals surface area contributed by atoms with Gasteiger partial charge in [-0.3, -0.25) is 9.97 Å². The van der Waals surface area contributed by atoms with Crippen molar-refractivity contribution < 1.29 is 4.79 Å². The van der Waals surface area contributed by atoms with Gasteiger partial charge in [-0.15, -0.1) is 0 Å². The summed E-state index contributed by atoms with van der Waals surface area (Å²) in [5.74, 6) is 0. The molecule has 0 aliphatic heterocycles. The van der Waals surface area contributed by atoms with E-state index in [1.165, 1.54) is 0 Å². The highest BCUT2D eigenvalue weighted by atomic mass is 16.1. The molecule has 3 heterocycles. The van der Waals surface area contributed by atoms with E-state index >= 15 is 0 Å². The zero-order valence-electron chi connectivity index (χ0n) is 12.7. The maximum absolute atomic E-state index is 10.5. The lowest BCUT2D eigenvalue weighted by Gasteiger charge is -2.08. The molecule has 4 nitrogen and oxygen atoms in total. The van der Waals surface area contributed by atoms with Crippen LogP contribution in [0.25, 0.3) is 22.8 Å². The topological polar surface area (TPSA) is 55.7 Å². The summed E-state index contributed by atoms with van der Waals surface area (Å²) in [6, 6.07) is 15.6. The van der Waals surface area contributed by atoms with Crippen LogP contribution in [-0.2, 0) is 11.2 Å². The normalized spacial score (nSPS) is 10.4. The number of aryl methyl sites for hydroxylation is 1. The predicted octanol–water partition coefficient (Wildman–Crippen LogP) is 3.73. The van der Waals surface area contributed by atoms with E-state index in [1.54, 1.807) is 12.4 Å². The van der Waals surface area contributed by atoms with E-state index in [-0.39, 0.29) is 0 Å². The molecule has 0 atom stereocenters. The van der Waals surface area contributed by atoms with E-state index in [1.807, 2.05) is 48.5 Å². The first-order chi connectivity index (χ1) is 11.4. The third kappa shape index (κ3) is 3.86. The number of unbranched alkanes of at least 4 members (excludes halogenated alkanes) is 1. The Morgan fingerprint density at radius 1 is 0.826 bits per heavy atom. The van der Waals surface area contributed by atoms with Gasteiger partial charge < -0.3 is 4.79 Å². The molecule has 0 fully saturated rings. The second kappa shape index (κ2) is 7.40. The van der Waals surface area contributed by atoms with Crippen molar-refractivity contribution in [1.29, 1.82) is 0 Å². The molecule has 0 saturated carbocycles. The van der Waals surface area contributed by atoms with Crippen LogP contribution >= 0.6 is 0 Å². The van der Waals surface area contributed by atoms with E-state index in [4.69, 9.17) is 4.98 Å². The van der Waals surface area contributed by atoms with Crippen LogP contribution in [0.3, 0.4) is 0 Å². The zero-order chi connectivity index (χ0) is 15.9. The average Bonchev–Trinajstić information content (AvgIpc) is 2.63. The number of hydrogen-bond donors (Lipinski definition) is 0. The van der Waals surface area contributed by atoms with Gasteiger partial charge in [0.1, 0.15) is 6.29 Å². The van der Waals surface area contributed by atoms with Crippen LogP contribution in [0.2, 0.25) is 0 Å². The number of hydrogen-bond acceptors (Lipinski definition) is 4. The monoisotopic (exact) mass is 303 g/mol. The smallest absolute Gasteiger partial charge is 0.120 e. The number of aromatic nitrogens is 3. The van der Waals surface area contributed by atoms with Crippen LogP contribution in [0.15, 0.2) is 60.9 Å². The number of carbonyl (C=O) groups excluding carboxylic acids is 1. The van der Waals surface area contributed by atoms with E-state index in [2.05, 4.69) is 9.97 Å². The molecule has 4 heteroatoms. The summed E-state index contributed by atoms with van der Waals surface area (Å²) < 4.78 is 0. The standard InChI is InChI=1S/C19H17N3O/c23-12-6-3-7-15-13-18(16-8-1-4-10-20-16)22-19(14-15)17-9-2-5-11-21-17/h1-2,4-5,8-14H,3,6-7H2. The summed E-state index contributed by atoms with van der Waals surface area (Å²) in [6.07, 6.45) is 6.71. The van der Waals surface area contributed by atoms with E-state index in [9.17, 15) is 4.79 Å². The van der Waals surface area contributed by atoms with Crippen molar-refractivity contribution in [1.82, 2.24) is 15.0 Å². The highest BCUT2D eigenvalue weighted by Crippen LogP contribution is 2.23. The molecule has 3 aromatic rings. The minimum atomic E-state index is 0.570. The molecule has 0 amide bonds. The summed E-state index contributed by atoms with van der Waals surface area (Å²) in [7, 11) is 0. The first-order valence-electron chi connectivity index (χ1n) is 7.64. The fraction of sp³-hybridized carbons (Fsp3) is 0.158. The second-order valence-electron chi connectivity index (χ2n) is 5.23. The SMILES string of the molecule is O=CCCCc1cc(-c2ccccn2)nc(-c2ccccn2)c1. The van der Waals surface area contributed by atoms with Crippen LogP contribution in [0, 0.1) is 0 Å². The highest BCUT2D eigenvalue weighted by Gasteiger charge is 2.08. The number of nitrogens with zero attached hydrogens (tertiary/aromatic N) is 3. The van der Waals surface area contributed by atoms with Crippen LogP contribution in [0.4, 0.5) is 0 Å². The summed E-state index contributed by atoms with van der Waals surface area (Å²) in [5.41, 5.74) is 4.47. The fourth-order valence-corrected chi connectivity index (χ4v) is 2.41. The van der Waals surface area contributed by atoms with Crippen molar-refractivity contribution in [2.45, 2.75) is 19.3 Å². The third-order valence-electron chi connectivity index (χ3n) is 3.53. The van der Waals surface area contributed by atoms with Gasteiger partial charge in [-0.2, -0.15) is 0 Å². The van der Waals surface area contributed by atoms with Gasteiger partial charge in [-0.05, 0) is 54.8 Å². The molecule has 0 saturated heterocycles. The number of carbonyl (C=O) groups is 1. The highest BCUT2D eigenvalue weighted by molar-refractivity contribution is 5.63. The Balaban J connectivity index is 2.01. The average molecular weight is 303 g/mol. The summed E-state index contributed by atoms with van der Waals surface area (Å²) in [4.78, 5) is 24.0. The fourth-order valence-electron chi connectivity index (χ4n) is 2.41. The summed E-state index contributed by atoms with van der Waals surface area (Å²) >= 11 is 0. The van der Waals surface area contributed by atoms with Crippen LogP contribution in [-0.4, -0.2) is 21.2 Å². The maximum atomic E-state index is 10.5. The molecule has 0 N–H and O–H groups in total. The molecule has 0 aromatic carbocycles. The quantitative estimate of drug-likeness (QED) is 0.514. The molecule has 0 spiro atoms. The van der Waals surface area contributed by atoms with Gasteiger partial charge in [0.05, 0.1) is 22.8 Å². The largest absolute Gasteiger partial charge is 0.303 e. The Kier molecular flexibility index (Phi) is 4.84. The minimum Gasteiger partial charge on any atom is -0.303 e. The second-order valence-corrected chi connectivity index (χ2v) is 5.23. The first kappa shape index (κ1) is 15.0. The number of rotatable bonds is 6. The lowest BCUT2D eigenvalue weighted by molar-refractivity contribution is -0.107. The third-order valence-corrected chi connectivity index (χ3v) is 3.53. The Morgan fingerprint density at radius 3 is 1.91 bits per heavy atom. The van der Waals surface area contributed by atoms with Crippen molar-refractivity contribution in [3.8, 4) is 22.8 Å². The molecule has 0 bridgehead atoms. The van der Waals surface area contributed by atoms with E-state index in [0.717, 1.165) is 47.5 Å². The summed E-state index contributed by atoms with van der Waals surface area (Å²) in [5, 5.41) is 0. The van der Waals surface area contributed by atoms with Crippen LogP contribution < -0.4 is 0 Å². The summed E-state index contributed by atoms with van der Waals surface area (Å²) in [6.45, 7) is 0. The van der Waals surface area contributed by atoms with Gasteiger partial charge >= 0.3 is 0 Å². The molecule has 114 valence electrons. The molecule has 0 aliphatic rings. The van der Waals surface area contributed by atoms with Crippen molar-refractivity contribution in [2.24, 2.45) is 0 Å². The van der Waals surface area contributed by atoms with Crippen LogP contribution in [0.1, 0.15) is 18.4 Å². The van der Waals surface area contributed by atoms with Crippen molar-refractivity contribution in [2.75, 3.05) is 0 Å². The van der Waals surface area contributed by atoms with Gasteiger partial charge in [0.25, 0.3) is 0 Å². The molecular formula is C19H17N3O. The number of pyridine rings is 3. The minimum absolute atomic E-state index is 0.570. The molecule has 23 heavy (non-hydrogen) atoms. The molecule has 3 rings (SSSR count). The Bertz CT molecular complexity index is 715. The lowest BCUT2D eigenvalue weighted by Crippen LogP contribution is -1.96. The van der Waals surface area contributed by atoms with Gasteiger partial charge in [-0.1, -0.05) is 12.1 Å². The van der Waals surface area contributed by atoms with Crippen molar-refractivity contribution in [3.05, 3.63) is 66.5 Å². The maximum Gasteiger partial charge on any atom is 0.120 e. The predicted molar refractivity (Wildman–Crippen MR) is 89.7 cm³/mol. The molecule has 0 radical (unpaired) electrons. The number of aldehydes is 1. The molecule has 3 aromatic heterocycles. The Morgan fingerprint density at radius 2 is 1.43 bits per heavy atom. The van der Waals surface area contributed by atoms with Gasteiger partial charge in [0, 0.05) is 18.8 Å². The van der Waals surface area contributed by atoms with Crippen molar-refractivity contribution >= 4 is 6.29 Å². The molecule has 0 aliphatic carbocycles. The molecule has 0 unspecified atom stereocenters. The van der Waals surface area contributed by atoms with Gasteiger partial charge in [0.15, 0.2) is 0 Å². The van der Waals surface area contributed by atoms with Crippen molar-refractivity contribution in [3.63, 3.8) is 0 Å². The molecular weight excluding hydrogens is 286 g/mol. The van der Waals surface area contributed by atoms with Gasteiger partial charge in [0.2, 0.25) is 0 Å².